The number of sulfone groups is 1. The van der Waals surface area contributed by atoms with Crippen LogP contribution in [0.15, 0.2) is 58.3 Å². The van der Waals surface area contributed by atoms with Crippen LogP contribution in [-0.2, 0) is 9.84 Å². The molecule has 0 atom stereocenters. The van der Waals surface area contributed by atoms with Gasteiger partial charge in [-0.25, -0.2) is 13.3 Å². The Morgan fingerprint density at radius 3 is 1.95 bits per heavy atom. The molecule has 2 aromatic carbocycles. The first-order chi connectivity index (χ1) is 10.5. The second-order valence-corrected chi connectivity index (χ2v) is 6.76. The lowest BCUT2D eigenvalue weighted by Gasteiger charge is -2.06. The Kier molecular flexibility index (Phi) is 4.74. The van der Waals surface area contributed by atoms with Crippen molar-refractivity contribution < 1.29 is 13.2 Å². The zero-order valence-corrected chi connectivity index (χ0v) is 12.9. The van der Waals surface area contributed by atoms with Crippen molar-refractivity contribution in [1.82, 2.24) is 0 Å². The number of hydrogen-bond donors (Lipinski definition) is 0. The number of ketones is 1. The van der Waals surface area contributed by atoms with Crippen LogP contribution in [0.4, 0.5) is 5.69 Å². The van der Waals surface area contributed by atoms with Crippen LogP contribution in [0, 0.1) is 6.57 Å². The fourth-order valence-electron chi connectivity index (χ4n) is 2.03. The van der Waals surface area contributed by atoms with Gasteiger partial charge in [0.15, 0.2) is 11.5 Å². The second-order valence-electron chi connectivity index (χ2n) is 4.81. The van der Waals surface area contributed by atoms with Gasteiger partial charge in [0.25, 0.3) is 0 Å². The lowest BCUT2D eigenvalue weighted by atomic mass is 10.1. The summed E-state index contributed by atoms with van der Waals surface area (Å²) in [5.74, 6) is 0.00728. The number of Topliss-reactive ketones (excluding diaryl/α,β-unsaturated/α-hetero) is 1. The van der Waals surface area contributed by atoms with Crippen molar-refractivity contribution in [2.45, 2.75) is 29.6 Å². The molecule has 0 saturated heterocycles. The Hall–Kier alpha value is -2.45. The van der Waals surface area contributed by atoms with Gasteiger partial charge in [0.1, 0.15) is 0 Å². The monoisotopic (exact) mass is 313 g/mol. The Labute approximate surface area is 130 Å². The molecule has 0 aliphatic carbocycles. The number of carbonyl (C=O) groups is 1. The Morgan fingerprint density at radius 1 is 1.00 bits per heavy atom. The molecule has 0 saturated carbocycles. The van der Waals surface area contributed by atoms with Crippen LogP contribution in [-0.4, -0.2) is 14.2 Å². The van der Waals surface area contributed by atoms with Gasteiger partial charge in [-0.15, -0.1) is 0 Å². The molecule has 2 rings (SSSR count). The first-order valence-corrected chi connectivity index (χ1v) is 8.33. The Morgan fingerprint density at radius 2 is 1.50 bits per heavy atom. The Bertz CT molecular complexity index is 814. The van der Waals surface area contributed by atoms with Crippen molar-refractivity contribution in [3.8, 4) is 0 Å². The summed E-state index contributed by atoms with van der Waals surface area (Å²) in [4.78, 5) is 15.3. The van der Waals surface area contributed by atoms with Crippen LogP contribution < -0.4 is 0 Å². The molecule has 0 fully saturated rings. The second kappa shape index (κ2) is 6.54. The molecule has 0 amide bonds. The molecule has 0 aliphatic rings. The molecule has 0 heterocycles. The summed E-state index contributed by atoms with van der Waals surface area (Å²) in [5, 5.41) is 0. The summed E-state index contributed by atoms with van der Waals surface area (Å²) < 4.78 is 25.0. The first kappa shape index (κ1) is 15.9. The van der Waals surface area contributed by atoms with E-state index in [1.54, 1.807) is 12.1 Å². The zero-order valence-electron chi connectivity index (χ0n) is 12.1. The summed E-state index contributed by atoms with van der Waals surface area (Å²) in [5.41, 5.74) is 0.906. The lowest BCUT2D eigenvalue weighted by molar-refractivity contribution is 0.0981. The van der Waals surface area contributed by atoms with E-state index in [1.165, 1.54) is 36.4 Å². The fourth-order valence-corrected chi connectivity index (χ4v) is 3.29. The maximum absolute atomic E-state index is 12.5. The number of rotatable bonds is 5. The highest BCUT2D eigenvalue weighted by Crippen LogP contribution is 2.23. The topological polar surface area (TPSA) is 55.6 Å². The normalized spacial score (nSPS) is 10.9. The van der Waals surface area contributed by atoms with E-state index in [4.69, 9.17) is 6.57 Å². The molecule has 112 valence electrons. The van der Waals surface area contributed by atoms with Crippen LogP contribution in [0.3, 0.4) is 0 Å². The van der Waals surface area contributed by atoms with Gasteiger partial charge in [-0.3, -0.25) is 4.79 Å². The third-order valence-corrected chi connectivity index (χ3v) is 5.03. The number of carbonyl (C=O) groups excluding carboxylic acids is 1. The largest absolute Gasteiger partial charge is 0.294 e. The average Bonchev–Trinajstić information content (AvgIpc) is 2.55. The van der Waals surface area contributed by atoms with Crippen LogP contribution in [0.5, 0.6) is 0 Å². The summed E-state index contributed by atoms with van der Waals surface area (Å²) in [7, 11) is -3.63. The summed E-state index contributed by atoms with van der Waals surface area (Å²) >= 11 is 0. The molecule has 5 heteroatoms. The van der Waals surface area contributed by atoms with E-state index in [-0.39, 0.29) is 15.6 Å². The van der Waals surface area contributed by atoms with Crippen molar-refractivity contribution in [3.63, 3.8) is 0 Å². The van der Waals surface area contributed by atoms with Gasteiger partial charge in [0.2, 0.25) is 9.84 Å². The Balaban J connectivity index is 2.33. The van der Waals surface area contributed by atoms with Crippen LogP contribution in [0.1, 0.15) is 30.1 Å². The number of benzene rings is 2. The van der Waals surface area contributed by atoms with Gasteiger partial charge in [-0.1, -0.05) is 43.3 Å². The predicted molar refractivity (Wildman–Crippen MR) is 83.8 cm³/mol. The van der Waals surface area contributed by atoms with Crippen molar-refractivity contribution in [3.05, 3.63) is 65.5 Å². The van der Waals surface area contributed by atoms with E-state index in [9.17, 15) is 13.2 Å². The molecule has 0 radical (unpaired) electrons. The molecular formula is C17H15NO3S. The minimum Gasteiger partial charge on any atom is -0.294 e. The smallest absolute Gasteiger partial charge is 0.206 e. The van der Waals surface area contributed by atoms with Crippen molar-refractivity contribution in [2.75, 3.05) is 0 Å². The van der Waals surface area contributed by atoms with E-state index in [0.717, 1.165) is 6.42 Å². The van der Waals surface area contributed by atoms with Gasteiger partial charge in [0, 0.05) is 12.0 Å². The third-order valence-electron chi connectivity index (χ3n) is 3.24. The van der Waals surface area contributed by atoms with Crippen LogP contribution in [0.25, 0.3) is 4.85 Å². The van der Waals surface area contributed by atoms with Gasteiger partial charge >= 0.3 is 0 Å². The lowest BCUT2D eigenvalue weighted by Crippen LogP contribution is -2.03. The number of hydrogen-bond acceptors (Lipinski definition) is 3. The molecule has 2 aromatic rings. The summed E-state index contributed by atoms with van der Waals surface area (Å²) in [6.07, 6.45) is 1.20. The maximum Gasteiger partial charge on any atom is 0.206 e. The molecule has 0 unspecified atom stereocenters. The first-order valence-electron chi connectivity index (χ1n) is 6.85. The van der Waals surface area contributed by atoms with E-state index in [0.29, 0.717) is 17.7 Å². The van der Waals surface area contributed by atoms with Gasteiger partial charge in [-0.2, -0.15) is 0 Å². The van der Waals surface area contributed by atoms with E-state index in [1.807, 2.05) is 6.92 Å². The predicted octanol–water partition coefficient (Wildman–Crippen LogP) is 4.05. The molecule has 0 aliphatic heterocycles. The maximum atomic E-state index is 12.5. The van der Waals surface area contributed by atoms with Crippen molar-refractivity contribution in [2.24, 2.45) is 0 Å². The van der Waals surface area contributed by atoms with E-state index < -0.39 is 9.84 Å². The molecule has 0 N–H and O–H groups in total. The van der Waals surface area contributed by atoms with Gasteiger partial charge in [0.05, 0.1) is 16.4 Å². The van der Waals surface area contributed by atoms with Gasteiger partial charge < -0.3 is 0 Å². The van der Waals surface area contributed by atoms with Crippen molar-refractivity contribution >= 4 is 21.3 Å². The quantitative estimate of drug-likeness (QED) is 0.618. The van der Waals surface area contributed by atoms with Crippen molar-refractivity contribution in [1.29, 1.82) is 0 Å². The SMILES string of the molecule is [C-]#[N+]c1ccc(S(=O)(=O)c2ccc(C(=O)CCC)cc2)cc1. The van der Waals surface area contributed by atoms with E-state index in [2.05, 4.69) is 4.85 Å². The summed E-state index contributed by atoms with van der Waals surface area (Å²) in [6.45, 7) is 8.80. The highest BCUT2D eigenvalue weighted by atomic mass is 32.2. The van der Waals surface area contributed by atoms with Gasteiger partial charge in [-0.05, 0) is 18.6 Å². The van der Waals surface area contributed by atoms with E-state index >= 15 is 0 Å². The summed E-state index contributed by atoms with van der Waals surface area (Å²) in [6, 6.07) is 11.7. The number of nitrogens with zero attached hydrogens (tertiary/aromatic N) is 1. The van der Waals surface area contributed by atoms with Crippen LogP contribution >= 0.6 is 0 Å². The molecule has 22 heavy (non-hydrogen) atoms. The fraction of sp³-hybridized carbons (Fsp3) is 0.176. The zero-order chi connectivity index (χ0) is 16.2. The molecule has 0 spiro atoms. The highest BCUT2D eigenvalue weighted by Gasteiger charge is 2.17. The van der Waals surface area contributed by atoms with Crippen LogP contribution in [0.2, 0.25) is 0 Å². The molecule has 4 nitrogen and oxygen atoms in total. The minimum atomic E-state index is -3.63. The third kappa shape index (κ3) is 3.23. The average molecular weight is 313 g/mol. The molecule has 0 aromatic heterocycles. The minimum absolute atomic E-state index is 0.00728. The standard InChI is InChI=1S/C17H15NO3S/c1-3-4-17(19)13-5-9-15(10-6-13)22(20,21)16-11-7-14(18-2)8-12-16/h5-12H,3-4H2,1H3. The molecule has 0 bridgehead atoms. The molecular weight excluding hydrogens is 298 g/mol. The highest BCUT2D eigenvalue weighted by molar-refractivity contribution is 7.91.